The average Bonchev–Trinajstić information content (AvgIpc) is 3.53. The van der Waals surface area contributed by atoms with Gasteiger partial charge >= 0.3 is 6.18 Å². The molecule has 1 saturated carbocycles. The topological polar surface area (TPSA) is 82.7 Å². The molecule has 0 radical (unpaired) electrons. The molecule has 1 N–H and O–H groups in total. The van der Waals surface area contributed by atoms with E-state index in [1.807, 2.05) is 60.5 Å². The van der Waals surface area contributed by atoms with Crippen LogP contribution in [0.4, 0.5) is 24.7 Å². The van der Waals surface area contributed by atoms with Gasteiger partial charge in [0, 0.05) is 48.3 Å². The van der Waals surface area contributed by atoms with Crippen molar-refractivity contribution in [3.8, 4) is 17.1 Å². The summed E-state index contributed by atoms with van der Waals surface area (Å²) in [5, 5.41) is 13.5. The highest BCUT2D eigenvalue weighted by molar-refractivity contribution is 5.94. The number of alkyl halides is 3. The predicted octanol–water partition coefficient (Wildman–Crippen LogP) is 6.55. The third-order valence-corrected chi connectivity index (χ3v) is 6.96. The van der Waals surface area contributed by atoms with Gasteiger partial charge in [0.25, 0.3) is 0 Å². The highest BCUT2D eigenvalue weighted by Crippen LogP contribution is 2.39. The average molecular weight is 534 g/mol. The molecule has 1 fully saturated rings. The molecule has 200 valence electrons. The number of nitrogens with zero attached hydrogens (tertiary/aromatic N) is 6. The Kier molecular flexibility index (Phi) is 6.41. The molecule has 0 bridgehead atoms. The van der Waals surface area contributed by atoms with Gasteiger partial charge in [0.1, 0.15) is 23.2 Å². The quantitative estimate of drug-likeness (QED) is 0.267. The van der Waals surface area contributed by atoms with Crippen LogP contribution in [0, 0.1) is 0 Å². The molecule has 4 aromatic heterocycles. The smallest absolute Gasteiger partial charge is 0.421 e. The number of ether oxygens (including phenoxy) is 1. The fourth-order valence-electron chi connectivity index (χ4n) is 5.07. The molecule has 0 spiro atoms. The number of hydrogen-bond acceptors (Lipinski definition) is 6. The minimum Gasteiger partial charge on any atom is -0.474 e. The van der Waals surface area contributed by atoms with E-state index in [-0.39, 0.29) is 18.0 Å². The normalized spacial score (nSPS) is 17.8. The van der Waals surface area contributed by atoms with Crippen molar-refractivity contribution >= 4 is 22.4 Å². The van der Waals surface area contributed by atoms with Crippen molar-refractivity contribution in [2.24, 2.45) is 7.05 Å². The van der Waals surface area contributed by atoms with E-state index in [2.05, 4.69) is 20.4 Å². The second kappa shape index (κ2) is 10.0. The Morgan fingerprint density at radius 1 is 0.974 bits per heavy atom. The molecule has 0 aliphatic heterocycles. The fourth-order valence-corrected chi connectivity index (χ4v) is 5.07. The summed E-state index contributed by atoms with van der Waals surface area (Å²) in [5.74, 6) is 0.332. The number of para-hydroxylation sites is 1. The Bertz CT molecular complexity index is 1590. The van der Waals surface area contributed by atoms with E-state index in [0.29, 0.717) is 31.5 Å². The first kappa shape index (κ1) is 24.9. The van der Waals surface area contributed by atoms with Crippen LogP contribution >= 0.6 is 0 Å². The van der Waals surface area contributed by atoms with Crippen LogP contribution in [-0.4, -0.2) is 35.6 Å². The summed E-state index contributed by atoms with van der Waals surface area (Å²) in [5.41, 5.74) is 2.68. The fraction of sp³-hybridized carbons (Fsp3) is 0.286. The van der Waals surface area contributed by atoms with Crippen LogP contribution in [0.15, 0.2) is 73.3 Å². The largest absolute Gasteiger partial charge is 0.474 e. The Hall–Kier alpha value is -4.41. The zero-order valence-electron chi connectivity index (χ0n) is 21.1. The minimum atomic E-state index is -4.52. The summed E-state index contributed by atoms with van der Waals surface area (Å²) in [6, 6.07) is 14.1. The van der Waals surface area contributed by atoms with E-state index >= 15 is 0 Å². The second-order valence-electron chi connectivity index (χ2n) is 9.68. The number of benzene rings is 1. The summed E-state index contributed by atoms with van der Waals surface area (Å²) in [6.45, 7) is 0. The Labute approximate surface area is 222 Å². The van der Waals surface area contributed by atoms with Crippen molar-refractivity contribution in [3.63, 3.8) is 0 Å². The van der Waals surface area contributed by atoms with E-state index in [4.69, 9.17) is 9.84 Å². The molecular weight excluding hydrogens is 507 g/mol. The summed E-state index contributed by atoms with van der Waals surface area (Å²) in [6.07, 6.45) is 4.53. The van der Waals surface area contributed by atoms with Crippen LogP contribution in [0.3, 0.4) is 0 Å². The predicted molar refractivity (Wildman–Crippen MR) is 141 cm³/mol. The summed E-state index contributed by atoms with van der Waals surface area (Å²) < 4.78 is 49.7. The number of fused-ring (bicyclic) bond motifs is 1. The lowest BCUT2D eigenvalue weighted by Gasteiger charge is -2.29. The van der Waals surface area contributed by atoms with Crippen molar-refractivity contribution < 1.29 is 17.9 Å². The third-order valence-electron chi connectivity index (χ3n) is 6.96. The van der Waals surface area contributed by atoms with Crippen LogP contribution in [0.5, 0.6) is 5.88 Å². The molecule has 0 unspecified atom stereocenters. The molecule has 0 amide bonds. The number of aromatic nitrogens is 6. The van der Waals surface area contributed by atoms with E-state index in [1.54, 1.807) is 10.9 Å². The van der Waals surface area contributed by atoms with Crippen molar-refractivity contribution in [2.45, 2.75) is 44.0 Å². The molecule has 4 heterocycles. The van der Waals surface area contributed by atoms with Crippen molar-refractivity contribution in [3.05, 3.63) is 78.9 Å². The highest BCUT2D eigenvalue weighted by Gasteiger charge is 2.36. The van der Waals surface area contributed by atoms with Crippen LogP contribution in [0.25, 0.3) is 22.2 Å². The summed E-state index contributed by atoms with van der Waals surface area (Å²) >= 11 is 0. The number of anilines is 2. The van der Waals surface area contributed by atoms with Gasteiger partial charge in [-0.05, 0) is 49.9 Å². The van der Waals surface area contributed by atoms with Gasteiger partial charge < -0.3 is 10.1 Å². The Morgan fingerprint density at radius 2 is 1.77 bits per heavy atom. The van der Waals surface area contributed by atoms with E-state index in [9.17, 15) is 13.2 Å². The first-order valence-corrected chi connectivity index (χ1v) is 12.7. The minimum absolute atomic E-state index is 0.0514. The molecule has 39 heavy (non-hydrogen) atoms. The third kappa shape index (κ3) is 5.16. The monoisotopic (exact) mass is 533 g/mol. The maximum Gasteiger partial charge on any atom is 0.421 e. The van der Waals surface area contributed by atoms with Crippen LogP contribution < -0.4 is 10.1 Å². The number of halogens is 3. The zero-order chi connectivity index (χ0) is 27.0. The summed E-state index contributed by atoms with van der Waals surface area (Å²) in [4.78, 5) is 8.49. The number of pyridine rings is 2. The molecule has 1 aliphatic carbocycles. The molecule has 5 aromatic rings. The van der Waals surface area contributed by atoms with Crippen LogP contribution in [-0.2, 0) is 13.2 Å². The summed E-state index contributed by atoms with van der Waals surface area (Å²) in [7, 11) is 1.86. The number of rotatable bonds is 6. The van der Waals surface area contributed by atoms with Crippen LogP contribution in [0.2, 0.25) is 0 Å². The van der Waals surface area contributed by atoms with Gasteiger partial charge in [-0.25, -0.2) is 9.97 Å². The van der Waals surface area contributed by atoms with Gasteiger partial charge in [-0.3, -0.25) is 9.36 Å². The van der Waals surface area contributed by atoms with Gasteiger partial charge in [-0.1, -0.05) is 18.2 Å². The standard InChI is InChI=1S/C28H26F3N7O/c1-37-17-18(15-34-37)26-22-16-33-25(35-19-6-3-2-4-7-19)14-24(22)38(36-26)20-9-11-21(12-10-20)39-27-23(28(29,30)31)8-5-13-32-27/h2-8,13-17,20-21H,9-12H2,1H3,(H,33,35). The molecule has 6 rings (SSSR count). The number of aryl methyl sites for hydroxylation is 1. The highest BCUT2D eigenvalue weighted by atomic mass is 19.4. The Morgan fingerprint density at radius 3 is 2.49 bits per heavy atom. The lowest BCUT2D eigenvalue weighted by Crippen LogP contribution is -2.27. The number of nitrogens with one attached hydrogen (secondary N) is 1. The molecular formula is C28H26F3N7O. The van der Waals surface area contributed by atoms with E-state index in [0.717, 1.165) is 33.9 Å². The molecule has 11 heteroatoms. The lowest BCUT2D eigenvalue weighted by atomic mass is 9.93. The van der Waals surface area contributed by atoms with Crippen molar-refractivity contribution in [1.29, 1.82) is 0 Å². The molecule has 8 nitrogen and oxygen atoms in total. The van der Waals surface area contributed by atoms with Gasteiger partial charge in [-0.15, -0.1) is 0 Å². The second-order valence-corrected chi connectivity index (χ2v) is 9.68. The van der Waals surface area contributed by atoms with E-state index in [1.165, 1.54) is 12.3 Å². The number of hydrogen-bond donors (Lipinski definition) is 1. The maximum atomic E-state index is 13.4. The van der Waals surface area contributed by atoms with Crippen molar-refractivity contribution in [1.82, 2.24) is 29.5 Å². The Balaban J connectivity index is 1.27. The van der Waals surface area contributed by atoms with Crippen LogP contribution in [0.1, 0.15) is 37.3 Å². The zero-order valence-corrected chi connectivity index (χ0v) is 21.1. The molecule has 0 saturated heterocycles. The molecule has 0 atom stereocenters. The lowest BCUT2D eigenvalue weighted by molar-refractivity contribution is -0.139. The molecule has 1 aromatic carbocycles. The van der Waals surface area contributed by atoms with Gasteiger partial charge in [0.15, 0.2) is 0 Å². The van der Waals surface area contributed by atoms with Gasteiger partial charge in [0.2, 0.25) is 5.88 Å². The first-order chi connectivity index (χ1) is 18.8. The molecule has 1 aliphatic rings. The van der Waals surface area contributed by atoms with E-state index < -0.39 is 11.7 Å². The van der Waals surface area contributed by atoms with Crippen molar-refractivity contribution in [2.75, 3.05) is 5.32 Å². The SMILES string of the molecule is Cn1cc(-c2nn(C3CCC(Oc4ncccc4C(F)(F)F)CC3)c3cc(Nc4ccccc4)ncc23)cn1. The maximum absolute atomic E-state index is 13.4. The van der Waals surface area contributed by atoms with Gasteiger partial charge in [0.05, 0.1) is 17.8 Å². The van der Waals surface area contributed by atoms with Gasteiger partial charge in [-0.2, -0.15) is 23.4 Å². The first-order valence-electron chi connectivity index (χ1n) is 12.7.